The second-order valence-electron chi connectivity index (χ2n) is 10.0. The zero-order valence-electron chi connectivity index (χ0n) is 19.9. The van der Waals surface area contributed by atoms with E-state index in [1.165, 1.54) is 0 Å². The van der Waals surface area contributed by atoms with Crippen molar-refractivity contribution in [3.05, 3.63) is 82.2 Å². The van der Waals surface area contributed by atoms with Crippen LogP contribution in [0.3, 0.4) is 0 Å². The molecule has 0 aromatic heterocycles. The van der Waals surface area contributed by atoms with Gasteiger partial charge in [-0.1, -0.05) is 48.5 Å². The number of allylic oxidation sites excluding steroid dienone is 2. The van der Waals surface area contributed by atoms with Crippen molar-refractivity contribution in [1.29, 1.82) is 0 Å². The van der Waals surface area contributed by atoms with Crippen molar-refractivity contribution in [2.24, 2.45) is 5.92 Å². The molecule has 6 nitrogen and oxygen atoms in total. The highest BCUT2D eigenvalue weighted by Gasteiger charge is 2.47. The molecule has 0 bridgehead atoms. The number of esters is 1. The molecule has 2 aromatic rings. The molecule has 3 unspecified atom stereocenters. The number of carbonyl (C=O) groups is 2. The number of rotatable bonds is 4. The second-order valence-corrected chi connectivity index (χ2v) is 10.4. The number of ether oxygens (including phenoxy) is 3. The second kappa shape index (κ2) is 9.32. The van der Waals surface area contributed by atoms with Gasteiger partial charge < -0.3 is 19.5 Å². The van der Waals surface area contributed by atoms with Crippen LogP contribution < -0.4 is 14.8 Å². The Kier molecular flexibility index (Phi) is 6.00. The Bertz CT molecular complexity index is 1260. The van der Waals surface area contributed by atoms with E-state index in [-0.39, 0.29) is 30.6 Å². The van der Waals surface area contributed by atoms with Crippen LogP contribution in [0.25, 0.3) is 0 Å². The lowest BCUT2D eigenvalue weighted by molar-refractivity contribution is -0.153. The third kappa shape index (κ3) is 4.07. The predicted molar refractivity (Wildman–Crippen MR) is 135 cm³/mol. The Morgan fingerprint density at radius 2 is 1.78 bits per heavy atom. The summed E-state index contributed by atoms with van der Waals surface area (Å²) in [5.74, 6) is -0.616. The van der Waals surface area contributed by atoms with Gasteiger partial charge in [0.15, 0.2) is 17.3 Å². The van der Waals surface area contributed by atoms with Crippen LogP contribution in [0.1, 0.15) is 61.5 Å². The van der Waals surface area contributed by atoms with Crippen LogP contribution in [0, 0.1) is 5.92 Å². The zero-order chi connectivity index (χ0) is 24.8. The molecule has 2 aromatic carbocycles. The summed E-state index contributed by atoms with van der Waals surface area (Å²) >= 11 is 6.76. The molecule has 2 aliphatic carbocycles. The molecular formula is C29H28ClNO5. The fourth-order valence-electron chi connectivity index (χ4n) is 6.04. The maximum Gasteiger partial charge on any atom is 0.316 e. The minimum absolute atomic E-state index is 0.00232. The van der Waals surface area contributed by atoms with Crippen LogP contribution in [-0.2, 0) is 14.3 Å². The van der Waals surface area contributed by atoms with Gasteiger partial charge in [0.2, 0.25) is 6.79 Å². The third-order valence-electron chi connectivity index (χ3n) is 7.78. The van der Waals surface area contributed by atoms with E-state index in [1.807, 2.05) is 18.2 Å². The Labute approximate surface area is 215 Å². The maximum atomic E-state index is 13.8. The van der Waals surface area contributed by atoms with E-state index in [1.54, 1.807) is 12.1 Å². The minimum atomic E-state index is -0.778. The lowest BCUT2D eigenvalue weighted by Crippen LogP contribution is -2.42. The summed E-state index contributed by atoms with van der Waals surface area (Å²) in [6.45, 7) is 4.33. The highest BCUT2D eigenvalue weighted by atomic mass is 35.5. The van der Waals surface area contributed by atoms with Gasteiger partial charge in [0.1, 0.15) is 12.0 Å². The summed E-state index contributed by atoms with van der Waals surface area (Å²) in [5.41, 5.74) is 3.68. The first-order chi connectivity index (χ1) is 17.5. The largest absolute Gasteiger partial charge is 0.462 e. The summed E-state index contributed by atoms with van der Waals surface area (Å²) < 4.78 is 17.0. The molecule has 2 aliphatic heterocycles. The number of nitrogens with one attached hydrogen (secondary N) is 1. The highest BCUT2D eigenvalue weighted by Crippen LogP contribution is 2.51. The number of ketones is 1. The molecule has 0 spiro atoms. The van der Waals surface area contributed by atoms with E-state index < -0.39 is 11.8 Å². The Hall–Kier alpha value is -3.25. The highest BCUT2D eigenvalue weighted by molar-refractivity contribution is 6.31. The standard InChI is InChI=1S/C29H28ClNO5/c1-16-26(29(33)36-19-9-5-6-10-19)27(20-13-24-25(14-21(20)30)35-15-34-24)28-22(31-16)11-18(12-23(28)32)17-7-3-2-4-8-17/h2-4,7-8,13-14,18-19,26-27,31H,1,5-6,9-12,15H2. The molecule has 36 heavy (non-hydrogen) atoms. The van der Waals surface area contributed by atoms with Crippen LogP contribution in [0.4, 0.5) is 0 Å². The first-order valence-electron chi connectivity index (χ1n) is 12.6. The minimum Gasteiger partial charge on any atom is -0.462 e. The van der Waals surface area contributed by atoms with Crippen LogP contribution >= 0.6 is 11.6 Å². The van der Waals surface area contributed by atoms with Gasteiger partial charge in [-0.3, -0.25) is 9.59 Å². The van der Waals surface area contributed by atoms with E-state index in [0.717, 1.165) is 36.9 Å². The number of fused-ring (bicyclic) bond motifs is 1. The summed E-state index contributed by atoms with van der Waals surface area (Å²) in [5, 5.41) is 3.76. The van der Waals surface area contributed by atoms with Gasteiger partial charge in [0, 0.05) is 40.4 Å². The molecule has 6 rings (SSSR count). The van der Waals surface area contributed by atoms with Crippen molar-refractivity contribution >= 4 is 23.4 Å². The molecule has 0 radical (unpaired) electrons. The van der Waals surface area contributed by atoms with Crippen molar-refractivity contribution in [2.45, 2.75) is 56.5 Å². The van der Waals surface area contributed by atoms with Gasteiger partial charge in [-0.25, -0.2) is 0 Å². The van der Waals surface area contributed by atoms with Crippen molar-refractivity contribution in [1.82, 2.24) is 5.32 Å². The average molecular weight is 506 g/mol. The molecule has 1 saturated carbocycles. The number of carbonyl (C=O) groups excluding carboxylic acids is 2. The van der Waals surface area contributed by atoms with E-state index in [9.17, 15) is 9.59 Å². The van der Waals surface area contributed by atoms with Crippen molar-refractivity contribution in [3.8, 4) is 11.5 Å². The number of Topliss-reactive ketones (excluding diaryl/α,β-unsaturated/α-hetero) is 1. The monoisotopic (exact) mass is 505 g/mol. The van der Waals surface area contributed by atoms with Gasteiger partial charge in [0.25, 0.3) is 0 Å². The molecule has 1 N–H and O–H groups in total. The normalized spacial score (nSPS) is 25.5. The predicted octanol–water partition coefficient (Wildman–Crippen LogP) is 5.77. The molecule has 2 heterocycles. The van der Waals surface area contributed by atoms with Gasteiger partial charge in [-0.05, 0) is 55.2 Å². The molecule has 4 aliphatic rings. The molecular weight excluding hydrogens is 478 g/mol. The average Bonchev–Trinajstić information content (AvgIpc) is 3.54. The molecule has 7 heteroatoms. The van der Waals surface area contributed by atoms with Crippen LogP contribution in [0.2, 0.25) is 5.02 Å². The summed E-state index contributed by atoms with van der Waals surface area (Å²) in [6, 6.07) is 13.5. The number of hydrogen-bond donors (Lipinski definition) is 1. The van der Waals surface area contributed by atoms with Gasteiger partial charge >= 0.3 is 5.97 Å². The Balaban J connectivity index is 1.43. The van der Waals surface area contributed by atoms with Crippen molar-refractivity contribution in [2.75, 3.05) is 6.79 Å². The maximum absolute atomic E-state index is 13.8. The SMILES string of the molecule is C=C1NC2=C(C(=O)CC(c3ccccc3)C2)C(c2cc3c(cc2Cl)OCO3)C1C(=O)OC1CCCC1. The summed E-state index contributed by atoms with van der Waals surface area (Å²) in [6.07, 6.45) is 4.73. The molecule has 1 fully saturated rings. The van der Waals surface area contributed by atoms with E-state index in [0.29, 0.717) is 46.2 Å². The molecule has 3 atom stereocenters. The van der Waals surface area contributed by atoms with Gasteiger partial charge in [-0.2, -0.15) is 0 Å². The summed E-state index contributed by atoms with van der Waals surface area (Å²) in [4.78, 5) is 27.4. The van der Waals surface area contributed by atoms with Gasteiger partial charge in [0.05, 0.1) is 0 Å². The number of benzene rings is 2. The smallest absolute Gasteiger partial charge is 0.316 e. The quantitative estimate of drug-likeness (QED) is 0.531. The molecule has 186 valence electrons. The van der Waals surface area contributed by atoms with Crippen molar-refractivity contribution < 1.29 is 23.8 Å². The fourth-order valence-corrected chi connectivity index (χ4v) is 6.31. The lowest BCUT2D eigenvalue weighted by atomic mass is 9.69. The number of halogens is 1. The lowest BCUT2D eigenvalue weighted by Gasteiger charge is -2.40. The van der Waals surface area contributed by atoms with E-state index in [4.69, 9.17) is 25.8 Å². The summed E-state index contributed by atoms with van der Waals surface area (Å²) in [7, 11) is 0. The zero-order valence-corrected chi connectivity index (χ0v) is 20.7. The van der Waals surface area contributed by atoms with Crippen LogP contribution in [0.15, 0.2) is 66.0 Å². The van der Waals surface area contributed by atoms with E-state index in [2.05, 4.69) is 24.0 Å². The molecule has 0 saturated heterocycles. The van der Waals surface area contributed by atoms with Crippen LogP contribution in [-0.4, -0.2) is 24.6 Å². The van der Waals surface area contributed by atoms with Crippen LogP contribution in [0.5, 0.6) is 11.5 Å². The number of hydrogen-bond acceptors (Lipinski definition) is 6. The first-order valence-corrected chi connectivity index (χ1v) is 12.9. The Morgan fingerprint density at radius 3 is 2.53 bits per heavy atom. The third-order valence-corrected chi connectivity index (χ3v) is 8.10. The fraction of sp³-hybridized carbons (Fsp3) is 0.379. The van der Waals surface area contributed by atoms with Crippen molar-refractivity contribution in [3.63, 3.8) is 0 Å². The van der Waals surface area contributed by atoms with Gasteiger partial charge in [-0.15, -0.1) is 0 Å². The van der Waals surface area contributed by atoms with E-state index >= 15 is 0 Å². The Morgan fingerprint density at radius 1 is 1.06 bits per heavy atom. The topological polar surface area (TPSA) is 73.9 Å². The first kappa shape index (κ1) is 23.2. The molecule has 0 amide bonds.